The summed E-state index contributed by atoms with van der Waals surface area (Å²) in [5.74, 6) is -3.10. The molecule has 166 valence electrons. The monoisotopic (exact) mass is 463 g/mol. The summed E-state index contributed by atoms with van der Waals surface area (Å²) in [5, 5.41) is 1.99. The summed E-state index contributed by atoms with van der Waals surface area (Å²) in [5.41, 5.74) is 5.12. The van der Waals surface area contributed by atoms with Crippen LogP contribution in [0.15, 0.2) is 53.4 Å². The normalized spacial score (nSPS) is 15.7. The topological polar surface area (TPSA) is 105 Å². The zero-order chi connectivity index (χ0) is 22.9. The first kappa shape index (κ1) is 21.7. The molecule has 1 aliphatic heterocycles. The summed E-state index contributed by atoms with van der Waals surface area (Å²) >= 11 is 1.21. The molecule has 0 saturated heterocycles. The number of amides is 3. The smallest absolute Gasteiger partial charge is 0.324 e. The Hall–Kier alpha value is -3.54. The quantitative estimate of drug-likeness (QED) is 0.516. The number of hydrazine groups is 1. The van der Waals surface area contributed by atoms with E-state index in [4.69, 9.17) is 0 Å². The number of hydrogen-bond acceptors (Lipinski definition) is 5. The first-order valence-corrected chi connectivity index (χ1v) is 10.3. The molecule has 3 amide bonds. The molecule has 0 bridgehead atoms. The van der Waals surface area contributed by atoms with Crippen molar-refractivity contribution in [2.24, 2.45) is 0 Å². The number of para-hydroxylation sites is 3. The van der Waals surface area contributed by atoms with Gasteiger partial charge in [-0.25, -0.2) is 4.98 Å². The Morgan fingerprint density at radius 3 is 2.53 bits per heavy atom. The molecule has 0 spiro atoms. The highest BCUT2D eigenvalue weighted by atomic mass is 32.2. The van der Waals surface area contributed by atoms with Crippen LogP contribution in [0, 0.1) is 0 Å². The van der Waals surface area contributed by atoms with Gasteiger partial charge in [0.25, 0.3) is 5.91 Å². The highest BCUT2D eigenvalue weighted by Gasteiger charge is 2.38. The van der Waals surface area contributed by atoms with Crippen LogP contribution in [0.25, 0.3) is 11.0 Å². The van der Waals surface area contributed by atoms with Crippen molar-refractivity contribution in [1.29, 1.82) is 0 Å². The zero-order valence-electron chi connectivity index (χ0n) is 16.3. The molecular weight excluding hydrogens is 447 g/mol. The summed E-state index contributed by atoms with van der Waals surface area (Å²) in [4.78, 5) is 41.0. The number of halogens is 3. The lowest BCUT2D eigenvalue weighted by molar-refractivity contribution is -0.147. The van der Waals surface area contributed by atoms with E-state index in [9.17, 15) is 27.6 Å². The second kappa shape index (κ2) is 8.54. The van der Waals surface area contributed by atoms with Crippen molar-refractivity contribution in [1.82, 2.24) is 20.4 Å². The number of benzene rings is 2. The van der Waals surface area contributed by atoms with Gasteiger partial charge in [-0.3, -0.25) is 25.2 Å². The van der Waals surface area contributed by atoms with E-state index in [-0.39, 0.29) is 23.4 Å². The van der Waals surface area contributed by atoms with Crippen LogP contribution in [0.3, 0.4) is 0 Å². The van der Waals surface area contributed by atoms with Gasteiger partial charge < -0.3 is 9.88 Å². The van der Waals surface area contributed by atoms with E-state index in [1.54, 1.807) is 24.3 Å². The van der Waals surface area contributed by atoms with Crippen LogP contribution in [-0.4, -0.2) is 32.5 Å². The minimum Gasteiger partial charge on any atom is -0.324 e. The minimum atomic E-state index is -4.76. The lowest BCUT2D eigenvalue weighted by Crippen LogP contribution is -2.45. The van der Waals surface area contributed by atoms with Gasteiger partial charge in [0.1, 0.15) is 6.54 Å². The van der Waals surface area contributed by atoms with Gasteiger partial charge in [-0.05, 0) is 24.3 Å². The highest BCUT2D eigenvalue weighted by Crippen LogP contribution is 2.36. The third kappa shape index (κ3) is 4.54. The van der Waals surface area contributed by atoms with Crippen LogP contribution >= 0.6 is 11.8 Å². The molecule has 2 heterocycles. The number of aromatic nitrogens is 2. The maximum Gasteiger partial charge on any atom is 0.449 e. The summed E-state index contributed by atoms with van der Waals surface area (Å²) in [7, 11) is 0. The van der Waals surface area contributed by atoms with Gasteiger partial charge in [-0.1, -0.05) is 24.3 Å². The van der Waals surface area contributed by atoms with E-state index in [1.165, 1.54) is 36.0 Å². The van der Waals surface area contributed by atoms with E-state index >= 15 is 0 Å². The molecule has 0 radical (unpaired) electrons. The third-order valence-corrected chi connectivity index (χ3v) is 5.90. The van der Waals surface area contributed by atoms with Crippen LogP contribution in [-0.2, 0) is 27.1 Å². The zero-order valence-corrected chi connectivity index (χ0v) is 17.1. The van der Waals surface area contributed by atoms with E-state index in [0.717, 1.165) is 9.46 Å². The van der Waals surface area contributed by atoms with Gasteiger partial charge in [0.15, 0.2) is 0 Å². The Labute approximate surface area is 183 Å². The van der Waals surface area contributed by atoms with Crippen LogP contribution in [0.5, 0.6) is 0 Å². The second-order valence-corrected chi connectivity index (χ2v) is 8.14. The molecule has 32 heavy (non-hydrogen) atoms. The Morgan fingerprint density at radius 2 is 1.75 bits per heavy atom. The van der Waals surface area contributed by atoms with Gasteiger partial charge >= 0.3 is 6.18 Å². The van der Waals surface area contributed by atoms with Crippen molar-refractivity contribution in [3.63, 3.8) is 0 Å². The Bertz CT molecular complexity index is 1210. The first-order chi connectivity index (χ1) is 15.2. The molecule has 2 aromatic carbocycles. The fraction of sp³-hybridized carbons (Fsp3) is 0.200. The Morgan fingerprint density at radius 1 is 1.06 bits per heavy atom. The molecule has 0 saturated carbocycles. The summed E-state index contributed by atoms with van der Waals surface area (Å²) in [6.07, 6.45) is -4.99. The minimum absolute atomic E-state index is 0.0947. The van der Waals surface area contributed by atoms with Crippen LogP contribution < -0.4 is 16.2 Å². The summed E-state index contributed by atoms with van der Waals surface area (Å²) in [6, 6.07) is 13.0. The summed E-state index contributed by atoms with van der Waals surface area (Å²) in [6.45, 7) is -0.707. The average Bonchev–Trinajstić information content (AvgIpc) is 3.12. The van der Waals surface area contributed by atoms with Gasteiger partial charge in [0, 0.05) is 11.3 Å². The number of hydrogen-bond donors (Lipinski definition) is 3. The lowest BCUT2D eigenvalue weighted by Gasteiger charge is -2.23. The van der Waals surface area contributed by atoms with Crippen molar-refractivity contribution >= 4 is 46.2 Å². The van der Waals surface area contributed by atoms with Crippen LogP contribution in [0.2, 0.25) is 0 Å². The molecule has 12 heteroatoms. The SMILES string of the molecule is O=C(C[C@H]1Sc2ccccc2NC1=O)NNC(=O)Cn1c(C(F)(F)F)nc2ccccc21. The molecule has 3 aromatic rings. The third-order valence-electron chi connectivity index (χ3n) is 4.63. The van der Waals surface area contributed by atoms with Crippen molar-refractivity contribution in [3.05, 3.63) is 54.4 Å². The molecule has 0 unspecified atom stereocenters. The fourth-order valence-corrected chi connectivity index (χ4v) is 4.33. The number of nitrogens with zero attached hydrogens (tertiary/aromatic N) is 2. The van der Waals surface area contributed by atoms with Crippen LogP contribution in [0.1, 0.15) is 12.2 Å². The first-order valence-electron chi connectivity index (χ1n) is 9.39. The number of anilines is 1. The molecule has 3 N–H and O–H groups in total. The Balaban J connectivity index is 1.38. The number of fused-ring (bicyclic) bond motifs is 2. The second-order valence-electron chi connectivity index (χ2n) is 6.90. The van der Waals surface area contributed by atoms with Gasteiger partial charge in [0.2, 0.25) is 17.6 Å². The number of rotatable bonds is 4. The number of thioether (sulfide) groups is 1. The number of alkyl halides is 3. The molecule has 8 nitrogen and oxygen atoms in total. The van der Waals surface area contributed by atoms with Crippen molar-refractivity contribution in [2.45, 2.75) is 29.3 Å². The lowest BCUT2D eigenvalue weighted by atomic mass is 10.2. The number of nitrogens with one attached hydrogen (secondary N) is 3. The molecule has 1 aromatic heterocycles. The van der Waals surface area contributed by atoms with E-state index in [1.807, 2.05) is 0 Å². The number of carbonyl (C=O) groups is 3. The average molecular weight is 463 g/mol. The molecule has 4 rings (SSSR count). The van der Waals surface area contributed by atoms with Crippen LogP contribution in [0.4, 0.5) is 18.9 Å². The van der Waals surface area contributed by atoms with Crippen molar-refractivity contribution in [2.75, 3.05) is 5.32 Å². The molecule has 1 atom stereocenters. The van der Waals surface area contributed by atoms with E-state index in [0.29, 0.717) is 5.69 Å². The van der Waals surface area contributed by atoms with E-state index < -0.39 is 35.6 Å². The molecule has 1 aliphatic rings. The summed E-state index contributed by atoms with van der Waals surface area (Å²) < 4.78 is 40.7. The standard InChI is InChI=1S/C20H16F3N5O3S/c21-20(22,23)19-25-11-5-1-3-7-13(11)28(19)10-17(30)27-26-16(29)9-15-18(31)24-12-6-2-4-8-14(12)32-15/h1-8,15H,9-10H2,(H,24,31)(H,26,29)(H,27,30)/t15-/m1/s1. The van der Waals surface area contributed by atoms with Gasteiger partial charge in [-0.2, -0.15) is 13.2 Å². The molecule has 0 aliphatic carbocycles. The highest BCUT2D eigenvalue weighted by molar-refractivity contribution is 8.01. The Kier molecular flexibility index (Phi) is 5.78. The number of carbonyl (C=O) groups excluding carboxylic acids is 3. The predicted octanol–water partition coefficient (Wildman–Crippen LogP) is 2.71. The maximum absolute atomic E-state index is 13.3. The molecular formula is C20H16F3N5O3S. The van der Waals surface area contributed by atoms with Gasteiger partial charge in [-0.15, -0.1) is 11.8 Å². The maximum atomic E-state index is 13.3. The largest absolute Gasteiger partial charge is 0.449 e. The molecule has 0 fully saturated rings. The van der Waals surface area contributed by atoms with Crippen molar-refractivity contribution < 1.29 is 27.6 Å². The predicted molar refractivity (Wildman–Crippen MR) is 110 cm³/mol. The fourth-order valence-electron chi connectivity index (χ4n) is 3.22. The van der Waals surface area contributed by atoms with Crippen molar-refractivity contribution in [3.8, 4) is 0 Å². The van der Waals surface area contributed by atoms with E-state index in [2.05, 4.69) is 21.2 Å². The van der Waals surface area contributed by atoms with Gasteiger partial charge in [0.05, 0.1) is 22.0 Å². The number of imidazole rings is 1.